The van der Waals surface area contributed by atoms with Crippen molar-refractivity contribution in [2.75, 3.05) is 40.3 Å². The first-order chi connectivity index (χ1) is 12.6. The molecule has 0 saturated carbocycles. The average molecular weight is 484 g/mol. The Morgan fingerprint density at radius 2 is 1.85 bits per heavy atom. The number of likely N-dealkylation sites (tertiary alicyclic amines) is 1. The van der Waals surface area contributed by atoms with Crippen LogP contribution in [0.25, 0.3) is 6.08 Å². The number of hydrogen-bond donors (Lipinski definition) is 1. The van der Waals surface area contributed by atoms with Crippen molar-refractivity contribution in [2.24, 2.45) is 4.99 Å². The predicted molar refractivity (Wildman–Crippen MR) is 129 cm³/mol. The number of unbranched alkanes of at least 4 members (excludes halogenated alkanes) is 1. The van der Waals surface area contributed by atoms with Crippen LogP contribution < -0.4 is 5.32 Å². The third-order valence-corrected chi connectivity index (χ3v) is 5.19. The zero-order chi connectivity index (χ0) is 18.8. The quantitative estimate of drug-likeness (QED) is 0.268. The van der Waals surface area contributed by atoms with Crippen LogP contribution >= 0.6 is 24.0 Å². The molecule has 1 aromatic carbocycles. The molecule has 0 amide bonds. The third-order valence-electron chi connectivity index (χ3n) is 5.19. The molecule has 0 radical (unpaired) electrons. The van der Waals surface area contributed by atoms with Crippen molar-refractivity contribution in [1.82, 2.24) is 15.1 Å². The van der Waals surface area contributed by atoms with Crippen LogP contribution in [-0.4, -0.2) is 62.1 Å². The van der Waals surface area contributed by atoms with Gasteiger partial charge in [-0.25, -0.2) is 0 Å². The number of benzene rings is 1. The Balaban J connectivity index is 0.00000364. The van der Waals surface area contributed by atoms with Gasteiger partial charge in [0.05, 0.1) is 0 Å². The minimum absolute atomic E-state index is 0. The summed E-state index contributed by atoms with van der Waals surface area (Å²) in [7, 11) is 4.09. The van der Waals surface area contributed by atoms with E-state index in [9.17, 15) is 0 Å². The van der Waals surface area contributed by atoms with Crippen molar-refractivity contribution in [2.45, 2.75) is 45.6 Å². The van der Waals surface area contributed by atoms with E-state index in [1.54, 1.807) is 5.57 Å². The summed E-state index contributed by atoms with van der Waals surface area (Å²) in [6, 6.07) is 11.3. The number of piperidine rings is 1. The van der Waals surface area contributed by atoms with Crippen molar-refractivity contribution in [3.05, 3.63) is 41.5 Å². The fourth-order valence-corrected chi connectivity index (χ4v) is 3.21. The van der Waals surface area contributed by atoms with Crippen LogP contribution in [0.3, 0.4) is 0 Å². The van der Waals surface area contributed by atoms with Crippen molar-refractivity contribution in [3.8, 4) is 0 Å². The van der Waals surface area contributed by atoms with Gasteiger partial charge in [0.2, 0.25) is 0 Å². The van der Waals surface area contributed by atoms with Crippen molar-refractivity contribution in [1.29, 1.82) is 0 Å². The van der Waals surface area contributed by atoms with Gasteiger partial charge in [0.15, 0.2) is 5.96 Å². The standard InChI is InChI=1S/C22H36N4.HI/c1-19(2)25(4)15-9-8-14-24-22(23-3)26-16-12-21(13-17-26)18-20-10-6-5-7-11-20;/h5-7,10-11,18-19H,8-9,12-17H2,1-4H3,(H,23,24);1H. The first-order valence-electron chi connectivity index (χ1n) is 10.0. The van der Waals surface area contributed by atoms with E-state index < -0.39 is 0 Å². The summed E-state index contributed by atoms with van der Waals surface area (Å²) >= 11 is 0. The van der Waals surface area contributed by atoms with Gasteiger partial charge in [-0.1, -0.05) is 42.0 Å². The van der Waals surface area contributed by atoms with Crippen molar-refractivity contribution >= 4 is 36.0 Å². The highest BCUT2D eigenvalue weighted by molar-refractivity contribution is 14.0. The van der Waals surface area contributed by atoms with Crippen LogP contribution in [-0.2, 0) is 0 Å². The van der Waals surface area contributed by atoms with E-state index in [1.807, 2.05) is 7.05 Å². The lowest BCUT2D eigenvalue weighted by molar-refractivity contribution is 0.268. The van der Waals surface area contributed by atoms with Gasteiger partial charge in [-0.05, 0) is 58.7 Å². The lowest BCUT2D eigenvalue weighted by Crippen LogP contribution is -2.44. The summed E-state index contributed by atoms with van der Waals surface area (Å²) < 4.78 is 0. The number of nitrogens with zero attached hydrogens (tertiary/aromatic N) is 3. The van der Waals surface area contributed by atoms with Gasteiger partial charge in [0, 0.05) is 32.7 Å². The Kier molecular flexibility index (Phi) is 11.7. The van der Waals surface area contributed by atoms with E-state index in [2.05, 4.69) is 77.4 Å². The monoisotopic (exact) mass is 484 g/mol. The van der Waals surface area contributed by atoms with Crippen LogP contribution in [0.4, 0.5) is 0 Å². The van der Waals surface area contributed by atoms with Crippen LogP contribution in [0, 0.1) is 0 Å². The largest absolute Gasteiger partial charge is 0.356 e. The lowest BCUT2D eigenvalue weighted by atomic mass is 10.0. The zero-order valence-corrected chi connectivity index (χ0v) is 19.8. The van der Waals surface area contributed by atoms with E-state index in [0.29, 0.717) is 6.04 Å². The van der Waals surface area contributed by atoms with Crippen LogP contribution in [0.1, 0.15) is 45.1 Å². The molecule has 0 aromatic heterocycles. The summed E-state index contributed by atoms with van der Waals surface area (Å²) in [6.07, 6.45) is 6.99. The molecular weight excluding hydrogens is 447 g/mol. The Hall–Kier alpha value is -1.08. The summed E-state index contributed by atoms with van der Waals surface area (Å²) in [5.41, 5.74) is 2.85. The molecule has 4 nitrogen and oxygen atoms in total. The second-order valence-corrected chi connectivity index (χ2v) is 7.46. The van der Waals surface area contributed by atoms with E-state index in [1.165, 1.54) is 18.4 Å². The molecule has 0 bridgehead atoms. The number of halogens is 1. The fourth-order valence-electron chi connectivity index (χ4n) is 3.21. The molecule has 0 spiro atoms. The number of hydrogen-bond acceptors (Lipinski definition) is 2. The van der Waals surface area contributed by atoms with Crippen molar-refractivity contribution in [3.63, 3.8) is 0 Å². The third kappa shape index (κ3) is 8.64. The van der Waals surface area contributed by atoms with Crippen LogP contribution in [0.5, 0.6) is 0 Å². The minimum Gasteiger partial charge on any atom is -0.356 e. The van der Waals surface area contributed by atoms with Gasteiger partial charge in [0.1, 0.15) is 0 Å². The van der Waals surface area contributed by atoms with Crippen LogP contribution in [0.2, 0.25) is 0 Å². The maximum atomic E-state index is 4.48. The Bertz CT molecular complexity index is 573. The van der Waals surface area contributed by atoms with Gasteiger partial charge in [-0.2, -0.15) is 0 Å². The average Bonchev–Trinajstić information content (AvgIpc) is 2.66. The molecule has 1 fully saturated rings. The van der Waals surface area contributed by atoms with Gasteiger partial charge < -0.3 is 15.1 Å². The molecule has 1 aliphatic heterocycles. The Morgan fingerprint density at radius 1 is 1.19 bits per heavy atom. The molecule has 0 unspecified atom stereocenters. The number of rotatable bonds is 7. The van der Waals surface area contributed by atoms with Crippen molar-refractivity contribution < 1.29 is 0 Å². The van der Waals surface area contributed by atoms with Gasteiger partial charge >= 0.3 is 0 Å². The Morgan fingerprint density at radius 3 is 2.44 bits per heavy atom. The SMILES string of the molecule is CN=C(NCCCCN(C)C(C)C)N1CCC(=Cc2ccccc2)CC1.I. The molecule has 0 atom stereocenters. The van der Waals surface area contributed by atoms with Gasteiger partial charge in [-0.15, -0.1) is 24.0 Å². The highest BCUT2D eigenvalue weighted by Gasteiger charge is 2.16. The number of guanidine groups is 1. The zero-order valence-electron chi connectivity index (χ0n) is 17.4. The number of aliphatic imine (C=N–C) groups is 1. The Labute approximate surface area is 183 Å². The highest BCUT2D eigenvalue weighted by Crippen LogP contribution is 2.19. The summed E-state index contributed by atoms with van der Waals surface area (Å²) in [5, 5.41) is 3.54. The lowest BCUT2D eigenvalue weighted by Gasteiger charge is -2.31. The summed E-state index contributed by atoms with van der Waals surface area (Å²) in [4.78, 5) is 9.28. The summed E-state index contributed by atoms with van der Waals surface area (Å²) in [6.45, 7) is 8.76. The van der Waals surface area contributed by atoms with Gasteiger partial charge in [0.25, 0.3) is 0 Å². The topological polar surface area (TPSA) is 30.9 Å². The smallest absolute Gasteiger partial charge is 0.193 e. The first-order valence-corrected chi connectivity index (χ1v) is 10.0. The maximum absolute atomic E-state index is 4.48. The van der Waals surface area contributed by atoms with Gasteiger partial charge in [-0.3, -0.25) is 4.99 Å². The molecule has 2 rings (SSSR count). The van der Waals surface area contributed by atoms with Crippen LogP contribution in [0.15, 0.2) is 40.9 Å². The highest BCUT2D eigenvalue weighted by atomic mass is 127. The predicted octanol–water partition coefficient (Wildman–Crippen LogP) is 4.48. The fraction of sp³-hybridized carbons (Fsp3) is 0.591. The molecule has 1 aromatic rings. The molecule has 1 N–H and O–H groups in total. The van der Waals surface area contributed by atoms with E-state index >= 15 is 0 Å². The minimum atomic E-state index is 0. The normalized spacial score (nSPS) is 15.1. The first kappa shape index (κ1) is 24.0. The summed E-state index contributed by atoms with van der Waals surface area (Å²) in [5.74, 6) is 1.06. The van der Waals surface area contributed by atoms with E-state index in [-0.39, 0.29) is 24.0 Å². The molecular formula is C22H37IN4. The molecule has 27 heavy (non-hydrogen) atoms. The molecule has 1 aliphatic rings. The second-order valence-electron chi connectivity index (χ2n) is 7.46. The second kappa shape index (κ2) is 13.2. The van der Waals surface area contributed by atoms with E-state index in [0.717, 1.165) is 45.0 Å². The molecule has 0 aliphatic carbocycles. The molecule has 152 valence electrons. The van der Waals surface area contributed by atoms with E-state index in [4.69, 9.17) is 0 Å². The maximum Gasteiger partial charge on any atom is 0.193 e. The molecule has 5 heteroatoms. The number of nitrogens with one attached hydrogen (secondary N) is 1. The molecule has 1 saturated heterocycles. The molecule has 1 heterocycles.